The standard InChI is InChI=1S/C17H23Cl3O3/c1-15(2,3)9-16(4,5)11-6-7-12(13(21)8-11)14(22)23-10-17(18,19)20/h6-8,21H,9-10H2,1-5H3. The average molecular weight is 382 g/mol. The van der Waals surface area contributed by atoms with Gasteiger partial charge in [-0.1, -0.05) is 75.5 Å². The van der Waals surface area contributed by atoms with Gasteiger partial charge in [0.15, 0.2) is 0 Å². The van der Waals surface area contributed by atoms with Crippen LogP contribution in [0.4, 0.5) is 0 Å². The molecule has 23 heavy (non-hydrogen) atoms. The van der Waals surface area contributed by atoms with Gasteiger partial charge in [-0.15, -0.1) is 0 Å². The number of phenols is 1. The fourth-order valence-electron chi connectivity index (χ4n) is 2.78. The molecule has 0 amide bonds. The molecule has 0 radical (unpaired) electrons. The number of rotatable bonds is 4. The first-order valence-electron chi connectivity index (χ1n) is 7.29. The Labute approximate surface area is 152 Å². The minimum Gasteiger partial charge on any atom is -0.507 e. The van der Waals surface area contributed by atoms with Gasteiger partial charge in [0.25, 0.3) is 0 Å². The molecule has 1 aromatic carbocycles. The lowest BCUT2D eigenvalue weighted by molar-refractivity contribution is 0.0508. The Morgan fingerprint density at radius 3 is 2.13 bits per heavy atom. The van der Waals surface area contributed by atoms with Gasteiger partial charge in [-0.25, -0.2) is 4.79 Å². The van der Waals surface area contributed by atoms with E-state index in [2.05, 4.69) is 34.6 Å². The van der Waals surface area contributed by atoms with Gasteiger partial charge in [-0.2, -0.15) is 0 Å². The SMILES string of the molecule is CC(C)(C)CC(C)(C)c1ccc(C(=O)OCC(Cl)(Cl)Cl)c(O)c1. The minimum atomic E-state index is -1.68. The average Bonchev–Trinajstić information content (AvgIpc) is 2.32. The zero-order valence-electron chi connectivity index (χ0n) is 14.0. The number of aromatic hydroxyl groups is 1. The van der Waals surface area contributed by atoms with Crippen molar-refractivity contribution in [1.82, 2.24) is 0 Å². The summed E-state index contributed by atoms with van der Waals surface area (Å²) in [7, 11) is 0. The van der Waals surface area contributed by atoms with E-state index in [0.717, 1.165) is 12.0 Å². The maximum atomic E-state index is 11.9. The molecule has 0 aliphatic rings. The Kier molecular flexibility index (Phi) is 6.28. The van der Waals surface area contributed by atoms with Crippen molar-refractivity contribution in [2.75, 3.05) is 6.61 Å². The van der Waals surface area contributed by atoms with Gasteiger partial charge in [0.2, 0.25) is 3.79 Å². The van der Waals surface area contributed by atoms with Crippen LogP contribution in [0, 0.1) is 5.41 Å². The van der Waals surface area contributed by atoms with Crippen molar-refractivity contribution in [1.29, 1.82) is 0 Å². The van der Waals surface area contributed by atoms with Crippen LogP contribution in [0.1, 0.15) is 57.0 Å². The Bertz CT molecular complexity index is 569. The summed E-state index contributed by atoms with van der Waals surface area (Å²) in [6.07, 6.45) is 0.927. The molecule has 1 N–H and O–H groups in total. The van der Waals surface area contributed by atoms with Crippen LogP contribution in [0.25, 0.3) is 0 Å². The van der Waals surface area contributed by atoms with E-state index >= 15 is 0 Å². The van der Waals surface area contributed by atoms with Gasteiger partial charge in [0, 0.05) is 0 Å². The molecule has 6 heteroatoms. The summed E-state index contributed by atoms with van der Waals surface area (Å²) >= 11 is 16.6. The van der Waals surface area contributed by atoms with E-state index in [9.17, 15) is 9.90 Å². The topological polar surface area (TPSA) is 46.5 Å². The van der Waals surface area contributed by atoms with Crippen LogP contribution in [-0.2, 0) is 10.2 Å². The lowest BCUT2D eigenvalue weighted by Gasteiger charge is -2.33. The molecular weight excluding hydrogens is 359 g/mol. The fourth-order valence-corrected chi connectivity index (χ4v) is 2.94. The summed E-state index contributed by atoms with van der Waals surface area (Å²) in [5, 5.41) is 10.2. The number of esters is 1. The van der Waals surface area contributed by atoms with E-state index in [1.54, 1.807) is 6.07 Å². The van der Waals surface area contributed by atoms with Crippen LogP contribution < -0.4 is 0 Å². The van der Waals surface area contributed by atoms with Crippen LogP contribution in [0.3, 0.4) is 0 Å². The van der Waals surface area contributed by atoms with Crippen LogP contribution in [-0.4, -0.2) is 21.5 Å². The van der Waals surface area contributed by atoms with Gasteiger partial charge in [0.1, 0.15) is 17.9 Å². The molecule has 3 nitrogen and oxygen atoms in total. The summed E-state index contributed by atoms with van der Waals surface area (Å²) in [5.41, 5.74) is 0.994. The number of phenolic OH excluding ortho intramolecular Hbond substituents is 1. The van der Waals surface area contributed by atoms with Crippen molar-refractivity contribution < 1.29 is 14.6 Å². The van der Waals surface area contributed by atoms with Crippen molar-refractivity contribution >= 4 is 40.8 Å². The molecule has 1 rings (SSSR count). The second kappa shape index (κ2) is 7.08. The highest BCUT2D eigenvalue weighted by Gasteiger charge is 2.29. The second-order valence-electron chi connectivity index (χ2n) is 7.54. The molecule has 1 aromatic rings. The number of alkyl halides is 3. The van der Waals surface area contributed by atoms with Crippen molar-refractivity contribution in [3.8, 4) is 5.75 Å². The molecule has 0 unspecified atom stereocenters. The maximum absolute atomic E-state index is 11.9. The van der Waals surface area contributed by atoms with Gasteiger partial charge >= 0.3 is 5.97 Å². The van der Waals surface area contributed by atoms with Gasteiger partial charge < -0.3 is 9.84 Å². The molecule has 0 spiro atoms. The number of carbonyl (C=O) groups is 1. The first kappa shape index (κ1) is 20.4. The Hall–Kier alpha value is -0.640. The third-order valence-electron chi connectivity index (χ3n) is 3.34. The van der Waals surface area contributed by atoms with Crippen LogP contribution in [0.15, 0.2) is 18.2 Å². The van der Waals surface area contributed by atoms with Crippen LogP contribution in [0.2, 0.25) is 0 Å². The largest absolute Gasteiger partial charge is 0.507 e. The van der Waals surface area contributed by atoms with E-state index in [1.807, 2.05) is 6.07 Å². The smallest absolute Gasteiger partial charge is 0.342 e. The molecule has 0 atom stereocenters. The Balaban J connectivity index is 2.96. The van der Waals surface area contributed by atoms with Crippen LogP contribution >= 0.6 is 34.8 Å². The quantitative estimate of drug-likeness (QED) is 0.543. The van der Waals surface area contributed by atoms with Crippen molar-refractivity contribution in [3.05, 3.63) is 29.3 Å². The van der Waals surface area contributed by atoms with E-state index < -0.39 is 9.76 Å². The first-order valence-corrected chi connectivity index (χ1v) is 8.42. The van der Waals surface area contributed by atoms with Crippen molar-refractivity contribution in [3.63, 3.8) is 0 Å². The van der Waals surface area contributed by atoms with Crippen LogP contribution in [0.5, 0.6) is 5.75 Å². The predicted molar refractivity (Wildman–Crippen MR) is 95.8 cm³/mol. The van der Waals surface area contributed by atoms with Crippen molar-refractivity contribution in [2.45, 2.75) is 50.2 Å². The maximum Gasteiger partial charge on any atom is 0.342 e. The lowest BCUT2D eigenvalue weighted by Crippen LogP contribution is -2.25. The molecule has 0 aromatic heterocycles. The van der Waals surface area contributed by atoms with Crippen molar-refractivity contribution in [2.24, 2.45) is 5.41 Å². The second-order valence-corrected chi connectivity index (χ2v) is 10.1. The summed E-state index contributed by atoms with van der Waals surface area (Å²) in [6.45, 7) is 10.3. The van der Waals surface area contributed by atoms with E-state index in [1.165, 1.54) is 6.07 Å². The molecule has 0 aliphatic carbocycles. The molecule has 0 heterocycles. The lowest BCUT2D eigenvalue weighted by atomic mass is 9.72. The molecule has 0 aliphatic heterocycles. The molecule has 0 bridgehead atoms. The highest BCUT2D eigenvalue weighted by molar-refractivity contribution is 6.67. The third kappa shape index (κ3) is 6.78. The summed E-state index contributed by atoms with van der Waals surface area (Å²) < 4.78 is 3.20. The summed E-state index contributed by atoms with van der Waals surface area (Å²) in [5.74, 6) is -0.868. The van der Waals surface area contributed by atoms with E-state index in [-0.39, 0.29) is 28.7 Å². The summed E-state index contributed by atoms with van der Waals surface area (Å²) in [4.78, 5) is 11.9. The van der Waals surface area contributed by atoms with E-state index in [0.29, 0.717) is 0 Å². The first-order chi connectivity index (χ1) is 10.2. The Morgan fingerprint density at radius 2 is 1.70 bits per heavy atom. The van der Waals surface area contributed by atoms with Gasteiger partial charge in [-0.05, 0) is 34.9 Å². The minimum absolute atomic E-state index is 0.0505. The van der Waals surface area contributed by atoms with Gasteiger partial charge in [0.05, 0.1) is 0 Å². The highest BCUT2D eigenvalue weighted by atomic mass is 35.6. The fraction of sp³-hybridized carbons (Fsp3) is 0.588. The number of carbonyl (C=O) groups excluding carboxylic acids is 1. The Morgan fingerprint density at radius 1 is 1.13 bits per heavy atom. The number of hydrogen-bond acceptors (Lipinski definition) is 3. The number of hydrogen-bond donors (Lipinski definition) is 1. The van der Waals surface area contributed by atoms with E-state index in [4.69, 9.17) is 39.5 Å². The normalized spacial score (nSPS) is 13.0. The number of ether oxygens (including phenoxy) is 1. The summed E-state index contributed by atoms with van der Waals surface area (Å²) in [6, 6.07) is 4.95. The zero-order chi connectivity index (χ0) is 18.1. The molecule has 0 fully saturated rings. The predicted octanol–water partition coefficient (Wildman–Crippen LogP) is 5.63. The number of halogens is 3. The number of benzene rings is 1. The molecular formula is C17H23Cl3O3. The van der Waals surface area contributed by atoms with Gasteiger partial charge in [-0.3, -0.25) is 0 Å². The zero-order valence-corrected chi connectivity index (χ0v) is 16.3. The highest BCUT2D eigenvalue weighted by Crippen LogP contribution is 2.38. The molecule has 0 saturated heterocycles. The molecule has 130 valence electrons. The third-order valence-corrected chi connectivity index (χ3v) is 3.67. The monoisotopic (exact) mass is 380 g/mol. The molecule has 0 saturated carbocycles.